The molecule has 88 valence electrons. The maximum atomic E-state index is 10.9. The van der Waals surface area contributed by atoms with E-state index in [0.29, 0.717) is 12.0 Å². The second kappa shape index (κ2) is 4.45. The van der Waals surface area contributed by atoms with E-state index in [1.165, 1.54) is 0 Å². The van der Waals surface area contributed by atoms with Gasteiger partial charge in [0.15, 0.2) is 0 Å². The zero-order valence-electron chi connectivity index (χ0n) is 9.55. The number of rotatable bonds is 3. The Morgan fingerprint density at radius 1 is 1.24 bits per heavy atom. The van der Waals surface area contributed by atoms with Crippen LogP contribution in [0.2, 0.25) is 0 Å². The van der Waals surface area contributed by atoms with E-state index in [9.17, 15) is 9.90 Å². The fourth-order valence-corrected chi connectivity index (χ4v) is 1.93. The zero-order valence-corrected chi connectivity index (χ0v) is 9.55. The highest BCUT2D eigenvalue weighted by Gasteiger charge is 2.15. The average molecular weight is 230 g/mol. The number of aliphatic carboxylic acids is 1. The maximum Gasteiger partial charge on any atom is 0.306 e. The van der Waals surface area contributed by atoms with Crippen LogP contribution in [-0.2, 0) is 11.2 Å². The molecule has 0 fully saturated rings. The molecule has 0 amide bonds. The van der Waals surface area contributed by atoms with Crippen LogP contribution in [-0.4, -0.2) is 16.2 Å². The number of carboxylic acids is 1. The molecule has 0 saturated carbocycles. The number of phenolic OH excluding ortho intramolecular Hbond substituents is 1. The Morgan fingerprint density at radius 3 is 2.65 bits per heavy atom. The van der Waals surface area contributed by atoms with Gasteiger partial charge in [-0.1, -0.05) is 37.3 Å². The molecule has 1 unspecified atom stereocenters. The van der Waals surface area contributed by atoms with Crippen LogP contribution in [0.3, 0.4) is 0 Å². The SMILES string of the molecule is CC(Cc1c(O)ccc2ccccc12)C(=O)O. The van der Waals surface area contributed by atoms with Gasteiger partial charge >= 0.3 is 5.97 Å². The molecule has 3 nitrogen and oxygen atoms in total. The van der Waals surface area contributed by atoms with Crippen LogP contribution >= 0.6 is 0 Å². The smallest absolute Gasteiger partial charge is 0.306 e. The second-order valence-corrected chi connectivity index (χ2v) is 4.23. The molecule has 0 radical (unpaired) electrons. The number of aromatic hydroxyl groups is 1. The van der Waals surface area contributed by atoms with Crippen molar-refractivity contribution in [2.75, 3.05) is 0 Å². The molecule has 0 bridgehead atoms. The summed E-state index contributed by atoms with van der Waals surface area (Å²) in [4.78, 5) is 10.9. The number of phenols is 1. The molecule has 2 aromatic carbocycles. The summed E-state index contributed by atoms with van der Waals surface area (Å²) in [5.41, 5.74) is 0.706. The lowest BCUT2D eigenvalue weighted by Gasteiger charge is -2.11. The number of hydrogen-bond acceptors (Lipinski definition) is 2. The van der Waals surface area contributed by atoms with Crippen molar-refractivity contribution >= 4 is 16.7 Å². The van der Waals surface area contributed by atoms with Gasteiger partial charge in [0.2, 0.25) is 0 Å². The van der Waals surface area contributed by atoms with Crippen molar-refractivity contribution < 1.29 is 15.0 Å². The first-order chi connectivity index (χ1) is 8.09. The van der Waals surface area contributed by atoms with Gasteiger partial charge < -0.3 is 10.2 Å². The lowest BCUT2D eigenvalue weighted by atomic mass is 9.95. The first-order valence-corrected chi connectivity index (χ1v) is 5.52. The fourth-order valence-electron chi connectivity index (χ4n) is 1.93. The number of fused-ring (bicyclic) bond motifs is 1. The minimum absolute atomic E-state index is 0.164. The van der Waals surface area contributed by atoms with Crippen molar-refractivity contribution in [1.29, 1.82) is 0 Å². The molecule has 17 heavy (non-hydrogen) atoms. The molecule has 2 rings (SSSR count). The molecule has 2 N–H and O–H groups in total. The first kappa shape index (κ1) is 11.5. The third-order valence-corrected chi connectivity index (χ3v) is 2.95. The standard InChI is InChI=1S/C14H14O3/c1-9(14(16)17)8-12-11-5-3-2-4-10(11)6-7-13(12)15/h2-7,9,15H,8H2,1H3,(H,16,17). The van der Waals surface area contributed by atoms with Gasteiger partial charge in [-0.05, 0) is 23.3 Å². The van der Waals surface area contributed by atoms with Gasteiger partial charge in [-0.3, -0.25) is 4.79 Å². The van der Waals surface area contributed by atoms with Crippen LogP contribution < -0.4 is 0 Å². The first-order valence-electron chi connectivity index (χ1n) is 5.52. The molecule has 0 aliphatic rings. The largest absolute Gasteiger partial charge is 0.508 e. The number of hydrogen-bond donors (Lipinski definition) is 2. The van der Waals surface area contributed by atoms with Gasteiger partial charge in [0.1, 0.15) is 5.75 Å². The van der Waals surface area contributed by atoms with Crippen molar-refractivity contribution in [3.05, 3.63) is 42.0 Å². The van der Waals surface area contributed by atoms with E-state index in [-0.39, 0.29) is 5.75 Å². The van der Waals surface area contributed by atoms with Crippen LogP contribution in [0.5, 0.6) is 5.75 Å². The molecular formula is C14H14O3. The molecule has 0 aromatic heterocycles. The topological polar surface area (TPSA) is 57.5 Å². The van der Waals surface area contributed by atoms with Gasteiger partial charge in [-0.15, -0.1) is 0 Å². The summed E-state index contributed by atoms with van der Waals surface area (Å²) in [7, 11) is 0. The lowest BCUT2D eigenvalue weighted by molar-refractivity contribution is -0.141. The third-order valence-electron chi connectivity index (χ3n) is 2.95. The Morgan fingerprint density at radius 2 is 1.94 bits per heavy atom. The normalized spacial score (nSPS) is 12.5. The van der Waals surface area contributed by atoms with Gasteiger partial charge in [0.05, 0.1) is 5.92 Å². The monoisotopic (exact) mass is 230 g/mol. The third kappa shape index (κ3) is 2.23. The maximum absolute atomic E-state index is 10.9. The minimum atomic E-state index is -0.850. The van der Waals surface area contributed by atoms with Gasteiger partial charge in [-0.25, -0.2) is 0 Å². The van der Waals surface area contributed by atoms with Crippen LogP contribution in [0.1, 0.15) is 12.5 Å². The Bertz CT molecular complexity index is 560. The molecule has 0 saturated heterocycles. The molecular weight excluding hydrogens is 216 g/mol. The Hall–Kier alpha value is -2.03. The van der Waals surface area contributed by atoms with E-state index >= 15 is 0 Å². The molecule has 1 atom stereocenters. The predicted molar refractivity (Wildman–Crippen MR) is 66.1 cm³/mol. The summed E-state index contributed by atoms with van der Waals surface area (Å²) < 4.78 is 0. The van der Waals surface area contributed by atoms with E-state index in [1.54, 1.807) is 13.0 Å². The van der Waals surface area contributed by atoms with Crippen LogP contribution in [0.15, 0.2) is 36.4 Å². The van der Waals surface area contributed by atoms with Crippen LogP contribution in [0.4, 0.5) is 0 Å². The molecule has 0 spiro atoms. The molecule has 3 heteroatoms. The number of carboxylic acid groups (broad SMARTS) is 1. The van der Waals surface area contributed by atoms with E-state index in [1.807, 2.05) is 30.3 Å². The predicted octanol–water partition coefficient (Wildman–Crippen LogP) is 2.81. The van der Waals surface area contributed by atoms with Crippen molar-refractivity contribution in [3.8, 4) is 5.75 Å². The lowest BCUT2D eigenvalue weighted by Crippen LogP contribution is -2.12. The summed E-state index contributed by atoms with van der Waals surface area (Å²) >= 11 is 0. The summed E-state index contributed by atoms with van der Waals surface area (Å²) in [6.07, 6.45) is 0.336. The van der Waals surface area contributed by atoms with E-state index in [4.69, 9.17) is 5.11 Å². The summed E-state index contributed by atoms with van der Waals surface area (Å²) in [5.74, 6) is -1.19. The second-order valence-electron chi connectivity index (χ2n) is 4.23. The molecule has 0 aliphatic carbocycles. The van der Waals surface area contributed by atoms with Gasteiger partial charge in [0, 0.05) is 5.56 Å². The van der Waals surface area contributed by atoms with Crippen LogP contribution in [0.25, 0.3) is 10.8 Å². The number of carbonyl (C=O) groups is 1. The zero-order chi connectivity index (χ0) is 12.4. The highest BCUT2D eigenvalue weighted by atomic mass is 16.4. The van der Waals surface area contributed by atoms with Gasteiger partial charge in [-0.2, -0.15) is 0 Å². The molecule has 0 aliphatic heterocycles. The van der Waals surface area contributed by atoms with Crippen LogP contribution in [0, 0.1) is 5.92 Å². The quantitative estimate of drug-likeness (QED) is 0.852. The highest BCUT2D eigenvalue weighted by molar-refractivity contribution is 5.88. The summed E-state index contributed by atoms with van der Waals surface area (Å²) in [6.45, 7) is 1.64. The summed E-state index contributed by atoms with van der Waals surface area (Å²) in [5, 5.41) is 20.7. The Labute approximate surface area is 99.3 Å². The highest BCUT2D eigenvalue weighted by Crippen LogP contribution is 2.29. The Kier molecular flexibility index (Phi) is 3.00. The average Bonchev–Trinajstić information content (AvgIpc) is 2.32. The Balaban J connectivity index is 2.51. The van der Waals surface area contributed by atoms with Gasteiger partial charge in [0.25, 0.3) is 0 Å². The minimum Gasteiger partial charge on any atom is -0.508 e. The van der Waals surface area contributed by atoms with Crippen molar-refractivity contribution in [3.63, 3.8) is 0 Å². The molecule has 0 heterocycles. The van der Waals surface area contributed by atoms with E-state index in [2.05, 4.69) is 0 Å². The summed E-state index contributed by atoms with van der Waals surface area (Å²) in [6, 6.07) is 11.1. The number of benzene rings is 2. The fraction of sp³-hybridized carbons (Fsp3) is 0.214. The van der Waals surface area contributed by atoms with E-state index in [0.717, 1.165) is 10.8 Å². The van der Waals surface area contributed by atoms with Crippen molar-refractivity contribution in [2.45, 2.75) is 13.3 Å². The van der Waals surface area contributed by atoms with Crippen molar-refractivity contribution in [2.24, 2.45) is 5.92 Å². The van der Waals surface area contributed by atoms with E-state index < -0.39 is 11.9 Å². The van der Waals surface area contributed by atoms with Crippen molar-refractivity contribution in [1.82, 2.24) is 0 Å². The molecule has 2 aromatic rings.